The molecule has 0 atom stereocenters. The molecule has 6 heteroatoms. The molecule has 6 aromatic carbocycles. The Labute approximate surface area is 359 Å². The predicted molar refractivity (Wildman–Crippen MR) is 237 cm³/mol. The molecular weight excluding hydrogens is 939 g/mol. The van der Waals surface area contributed by atoms with Gasteiger partial charge in [0.2, 0.25) is 0 Å². The number of hydrogen-bond acceptors (Lipinski definition) is 3. The number of rotatable bonds is 6. The minimum atomic E-state index is -2.18. The normalized spacial score (nSPS) is 13.3. The van der Waals surface area contributed by atoms with Crippen molar-refractivity contribution in [3.8, 4) is 50.6 Å². The van der Waals surface area contributed by atoms with E-state index in [9.17, 15) is 0 Å². The Morgan fingerprint density at radius 2 is 1.36 bits per heavy atom. The maximum absolute atomic E-state index is 7.28. The van der Waals surface area contributed by atoms with E-state index in [1.165, 1.54) is 66.7 Å². The van der Waals surface area contributed by atoms with E-state index in [4.69, 9.17) is 13.2 Å². The summed E-state index contributed by atoms with van der Waals surface area (Å²) >= 11 is -0.362. The molecule has 0 aliphatic carbocycles. The van der Waals surface area contributed by atoms with Gasteiger partial charge in [-0.2, -0.15) is 0 Å². The number of nitrogens with zero attached hydrogens (tertiary/aromatic N) is 3. The minimum absolute atomic E-state index is 0. The molecule has 3 nitrogen and oxygen atoms in total. The second-order valence-electron chi connectivity index (χ2n) is 14.7. The standard InChI is InChI=1S/C37H31GeN2S.C13H12N.Ir/c1-25-21-29(26-13-7-5-8-14-26)36(30(22-25)27-15-9-6-10-16-27)40-34-18-12-11-17-33(34)39-37(40)32-24-41-35-20-19-28(23-31(32)35)38(2,3)4;1-10-3-6-12(7-4-10)13-8-5-11(2)9-14-13;/h5-23H,1-4H3;3-6,8-9H,1-2H3;/q2*-1;/i;1D3,2D3;. The van der Waals surface area contributed by atoms with Crippen LogP contribution in [-0.2, 0) is 20.1 Å². The number of fused-ring (bicyclic) bond motifs is 2. The molecule has 9 aromatic rings. The van der Waals surface area contributed by atoms with E-state index in [1.807, 2.05) is 0 Å². The monoisotopic (exact) mass is 990 g/mol. The van der Waals surface area contributed by atoms with Crippen molar-refractivity contribution in [1.82, 2.24) is 14.5 Å². The Morgan fingerprint density at radius 1 is 0.696 bits per heavy atom. The van der Waals surface area contributed by atoms with Gasteiger partial charge in [-0.15, -0.1) is 35.4 Å². The topological polar surface area (TPSA) is 30.7 Å². The van der Waals surface area contributed by atoms with Crippen molar-refractivity contribution in [2.75, 3.05) is 0 Å². The Bertz CT molecular complexity index is 2860. The van der Waals surface area contributed by atoms with Gasteiger partial charge >= 0.3 is 249 Å². The molecule has 0 N–H and O–H groups in total. The van der Waals surface area contributed by atoms with Crippen molar-refractivity contribution in [1.29, 1.82) is 0 Å². The summed E-state index contributed by atoms with van der Waals surface area (Å²) in [7, 11) is 0. The van der Waals surface area contributed by atoms with Crippen molar-refractivity contribution >= 4 is 50.1 Å². The predicted octanol–water partition coefficient (Wildman–Crippen LogP) is 13.1. The minimum Gasteiger partial charge on any atom is -0.304 e. The number of para-hydroxylation sites is 2. The number of hydrogen-bond donors (Lipinski definition) is 0. The zero-order chi connectivity index (χ0) is 43.1. The van der Waals surface area contributed by atoms with Crippen LogP contribution in [0.3, 0.4) is 0 Å². The summed E-state index contributed by atoms with van der Waals surface area (Å²) in [6.07, 6.45) is 1.30. The molecule has 0 unspecified atom stereocenters. The van der Waals surface area contributed by atoms with E-state index in [-0.39, 0.29) is 31.2 Å². The first-order valence-electron chi connectivity index (χ1n) is 21.2. The van der Waals surface area contributed by atoms with Gasteiger partial charge in [0.1, 0.15) is 0 Å². The first-order chi connectivity index (χ1) is 29.1. The van der Waals surface area contributed by atoms with Gasteiger partial charge < -0.3 is 4.98 Å². The van der Waals surface area contributed by atoms with Crippen LogP contribution in [0.5, 0.6) is 0 Å². The second kappa shape index (κ2) is 16.7. The molecule has 56 heavy (non-hydrogen) atoms. The average molecular weight is 989 g/mol. The fourth-order valence-electron chi connectivity index (χ4n) is 6.86. The van der Waals surface area contributed by atoms with Crippen LogP contribution in [0.25, 0.3) is 71.7 Å². The van der Waals surface area contributed by atoms with E-state index >= 15 is 0 Å². The van der Waals surface area contributed by atoms with E-state index < -0.39 is 27.0 Å². The molecule has 9 rings (SSSR count). The van der Waals surface area contributed by atoms with Crippen molar-refractivity contribution in [3.63, 3.8) is 0 Å². The van der Waals surface area contributed by atoms with Crippen LogP contribution in [0.4, 0.5) is 0 Å². The molecule has 0 aliphatic heterocycles. The third-order valence-corrected chi connectivity index (χ3v) is 14.8. The summed E-state index contributed by atoms with van der Waals surface area (Å²) in [5, 5.41) is 4.94. The van der Waals surface area contributed by atoms with Gasteiger partial charge in [0.25, 0.3) is 0 Å². The van der Waals surface area contributed by atoms with Crippen LogP contribution in [-0.4, -0.2) is 27.8 Å². The summed E-state index contributed by atoms with van der Waals surface area (Å²) in [6, 6.07) is 52.1. The van der Waals surface area contributed by atoms with Gasteiger partial charge in [0.15, 0.2) is 0 Å². The van der Waals surface area contributed by atoms with E-state index in [2.05, 4.69) is 160 Å². The molecule has 0 fully saturated rings. The molecule has 1 radical (unpaired) electrons. The summed E-state index contributed by atoms with van der Waals surface area (Å²) in [5.41, 5.74) is 11.8. The fourth-order valence-corrected chi connectivity index (χ4v) is 10.1. The van der Waals surface area contributed by atoms with E-state index in [0.717, 1.165) is 28.1 Å². The average Bonchev–Trinajstić information content (AvgIpc) is 3.85. The zero-order valence-corrected chi connectivity index (χ0v) is 36.8. The van der Waals surface area contributed by atoms with Crippen LogP contribution in [0.15, 0.2) is 152 Å². The summed E-state index contributed by atoms with van der Waals surface area (Å²) in [6.45, 7) is -2.15. The van der Waals surface area contributed by atoms with Gasteiger partial charge in [0, 0.05) is 34.5 Å². The first kappa shape index (κ1) is 32.2. The van der Waals surface area contributed by atoms with E-state index in [0.29, 0.717) is 11.3 Å². The van der Waals surface area contributed by atoms with Gasteiger partial charge in [-0.05, 0) is 18.1 Å². The number of pyridine rings is 1. The Hall–Kier alpha value is -4.91. The van der Waals surface area contributed by atoms with Crippen molar-refractivity contribution < 1.29 is 28.3 Å². The fraction of sp³-hybridized carbons (Fsp3) is 0.120. The van der Waals surface area contributed by atoms with Crippen LogP contribution in [0.2, 0.25) is 17.3 Å². The molecule has 0 amide bonds. The van der Waals surface area contributed by atoms with Gasteiger partial charge in [0.05, 0.1) is 0 Å². The smallest absolute Gasteiger partial charge is 0.0280 e. The summed E-state index contributed by atoms with van der Waals surface area (Å²) in [4.78, 5) is 9.39. The Morgan fingerprint density at radius 3 is 1.96 bits per heavy atom. The number of thiophene rings is 1. The van der Waals surface area contributed by atoms with E-state index in [1.54, 1.807) is 23.5 Å². The molecule has 3 heterocycles. The van der Waals surface area contributed by atoms with Crippen LogP contribution in [0, 0.1) is 32.1 Å². The Balaban J connectivity index is 0.000000233. The van der Waals surface area contributed by atoms with Gasteiger partial charge in [-0.1, -0.05) is 19.0 Å². The SMILES string of the molecule is Cc1cc(-c2ccccc2)c(-n2c(-c3[c-]sc4cc[c]([Ge]([CH3])([CH3])[CH3])cc34)nc3ccccc32)c(-c2ccccc2)c1.[2H]C([2H])([2H])c1c[c-]c(-c2ccc(C([2H])([2H])[2H])cn2)cc1.[Ir]. The quantitative estimate of drug-likeness (QED) is 0.123. The molecule has 279 valence electrons. The Kier molecular flexibility index (Phi) is 9.59. The third kappa shape index (κ3) is 8.14. The molecule has 0 spiro atoms. The number of aryl methyl sites for hydroxylation is 3. The largest absolute Gasteiger partial charge is 0.304 e. The van der Waals surface area contributed by atoms with Crippen molar-refractivity contribution in [2.45, 2.75) is 37.9 Å². The third-order valence-electron chi connectivity index (χ3n) is 9.66. The number of aromatic nitrogens is 3. The maximum Gasteiger partial charge on any atom is 0.0280 e. The molecule has 0 bridgehead atoms. The second-order valence-corrected chi connectivity index (χ2v) is 26.2. The summed E-state index contributed by atoms with van der Waals surface area (Å²) in [5.74, 6) is 8.30. The van der Waals surface area contributed by atoms with Gasteiger partial charge in [-0.3, -0.25) is 0 Å². The molecule has 3 aromatic heterocycles. The molecular formula is C50H43GeIrN3S-2. The van der Waals surface area contributed by atoms with Crippen molar-refractivity contribution in [2.24, 2.45) is 0 Å². The maximum atomic E-state index is 7.28. The van der Waals surface area contributed by atoms with Crippen LogP contribution >= 0.6 is 11.3 Å². The zero-order valence-electron chi connectivity index (χ0n) is 37.5. The molecule has 0 aliphatic rings. The summed E-state index contributed by atoms with van der Waals surface area (Å²) < 4.78 is 48.8. The number of imidazole rings is 1. The van der Waals surface area contributed by atoms with Gasteiger partial charge in [-0.25, -0.2) is 0 Å². The van der Waals surface area contributed by atoms with Crippen LogP contribution < -0.4 is 4.40 Å². The van der Waals surface area contributed by atoms with Crippen molar-refractivity contribution in [3.05, 3.63) is 180 Å². The molecule has 0 saturated carbocycles. The first-order valence-corrected chi connectivity index (χ1v) is 26.4. The molecule has 0 saturated heterocycles. The number of benzene rings is 6. The van der Waals surface area contributed by atoms with Crippen LogP contribution in [0.1, 0.15) is 24.9 Å².